The highest BCUT2D eigenvalue weighted by Gasteiger charge is 2.27. The lowest BCUT2D eigenvalue weighted by atomic mass is 10.2. The molecule has 0 saturated carbocycles. The first-order valence-electron chi connectivity index (χ1n) is 7.04. The van der Waals surface area contributed by atoms with Crippen LogP contribution < -0.4 is 5.32 Å². The lowest BCUT2D eigenvalue weighted by molar-refractivity contribution is -0.145. The first kappa shape index (κ1) is 15.8. The van der Waals surface area contributed by atoms with E-state index in [0.717, 1.165) is 5.56 Å². The number of phenolic OH excluding ortho intramolecular Hbond substituents is 1. The molecule has 1 aliphatic heterocycles. The van der Waals surface area contributed by atoms with Crippen LogP contribution in [-0.4, -0.2) is 58.8 Å². The van der Waals surface area contributed by atoms with Crippen molar-refractivity contribution in [3.05, 3.63) is 23.8 Å². The highest BCUT2D eigenvalue weighted by Crippen LogP contribution is 2.23. The number of hydrogen-bond acceptors (Lipinski definition) is 4. The minimum atomic E-state index is -0.794. The molecule has 3 amide bonds. The molecule has 0 radical (unpaired) electrons. The molecule has 7 heteroatoms. The number of rotatable bonds is 1. The molecule has 0 bridgehead atoms. The van der Waals surface area contributed by atoms with Crippen molar-refractivity contribution in [2.24, 2.45) is 0 Å². The number of phenols is 1. The SMILES string of the molecule is CC(=O)N1CCN(C(=O)C(=O)Nc2cc(C)ccc2O)CC1. The second-order valence-corrected chi connectivity index (χ2v) is 5.27. The van der Waals surface area contributed by atoms with Gasteiger partial charge in [0.05, 0.1) is 5.69 Å². The van der Waals surface area contributed by atoms with Gasteiger partial charge in [0.1, 0.15) is 5.75 Å². The Morgan fingerprint density at radius 3 is 2.27 bits per heavy atom. The van der Waals surface area contributed by atoms with E-state index in [4.69, 9.17) is 0 Å². The van der Waals surface area contributed by atoms with Crippen molar-refractivity contribution in [2.45, 2.75) is 13.8 Å². The Hall–Kier alpha value is -2.57. The highest BCUT2D eigenvalue weighted by molar-refractivity contribution is 6.39. The molecule has 1 aliphatic rings. The Morgan fingerprint density at radius 1 is 1.09 bits per heavy atom. The second kappa shape index (κ2) is 6.46. The van der Waals surface area contributed by atoms with Crippen molar-refractivity contribution in [3.63, 3.8) is 0 Å². The first-order chi connectivity index (χ1) is 10.4. The number of anilines is 1. The monoisotopic (exact) mass is 305 g/mol. The molecular weight excluding hydrogens is 286 g/mol. The normalized spacial score (nSPS) is 14.6. The van der Waals surface area contributed by atoms with Crippen LogP contribution >= 0.6 is 0 Å². The first-order valence-corrected chi connectivity index (χ1v) is 7.04. The Bertz CT molecular complexity index is 607. The zero-order chi connectivity index (χ0) is 16.3. The van der Waals surface area contributed by atoms with Crippen LogP contribution in [-0.2, 0) is 14.4 Å². The van der Waals surface area contributed by atoms with Crippen LogP contribution in [0.15, 0.2) is 18.2 Å². The van der Waals surface area contributed by atoms with Gasteiger partial charge >= 0.3 is 11.8 Å². The van der Waals surface area contributed by atoms with Gasteiger partial charge in [-0.05, 0) is 24.6 Å². The zero-order valence-electron chi connectivity index (χ0n) is 12.6. The summed E-state index contributed by atoms with van der Waals surface area (Å²) in [5.74, 6) is -1.59. The van der Waals surface area contributed by atoms with Crippen LogP contribution in [0.25, 0.3) is 0 Å². The van der Waals surface area contributed by atoms with Gasteiger partial charge in [0.2, 0.25) is 5.91 Å². The maximum absolute atomic E-state index is 12.1. The van der Waals surface area contributed by atoms with Gasteiger partial charge in [-0.2, -0.15) is 0 Å². The van der Waals surface area contributed by atoms with Gasteiger partial charge in [0.25, 0.3) is 0 Å². The van der Waals surface area contributed by atoms with Gasteiger partial charge in [-0.1, -0.05) is 6.07 Å². The number of aromatic hydroxyl groups is 1. The zero-order valence-corrected chi connectivity index (χ0v) is 12.6. The third-order valence-corrected chi connectivity index (χ3v) is 3.61. The molecule has 0 unspecified atom stereocenters. The summed E-state index contributed by atoms with van der Waals surface area (Å²) in [6, 6.07) is 4.75. The van der Waals surface area contributed by atoms with E-state index < -0.39 is 11.8 Å². The van der Waals surface area contributed by atoms with Crippen LogP contribution in [0, 0.1) is 6.92 Å². The van der Waals surface area contributed by atoms with Gasteiger partial charge in [-0.15, -0.1) is 0 Å². The van der Waals surface area contributed by atoms with E-state index in [1.165, 1.54) is 17.9 Å². The average Bonchev–Trinajstić information content (AvgIpc) is 2.50. The average molecular weight is 305 g/mol. The molecule has 0 aromatic heterocycles. The molecule has 1 saturated heterocycles. The lowest BCUT2D eigenvalue weighted by Gasteiger charge is -2.33. The Kier molecular flexibility index (Phi) is 4.65. The van der Waals surface area contributed by atoms with Crippen molar-refractivity contribution < 1.29 is 19.5 Å². The number of nitrogens with zero attached hydrogens (tertiary/aromatic N) is 2. The summed E-state index contributed by atoms with van der Waals surface area (Å²) in [7, 11) is 0. The lowest BCUT2D eigenvalue weighted by Crippen LogP contribution is -2.52. The molecular formula is C15H19N3O4. The van der Waals surface area contributed by atoms with Gasteiger partial charge < -0.3 is 20.2 Å². The maximum atomic E-state index is 12.1. The molecule has 1 aromatic rings. The number of carbonyl (C=O) groups is 3. The predicted octanol–water partition coefficient (Wildman–Crippen LogP) is 0.330. The number of nitrogens with one attached hydrogen (secondary N) is 1. The molecule has 22 heavy (non-hydrogen) atoms. The van der Waals surface area contributed by atoms with Crippen molar-refractivity contribution in [3.8, 4) is 5.75 Å². The van der Waals surface area contributed by atoms with Crippen LogP contribution in [0.1, 0.15) is 12.5 Å². The quantitative estimate of drug-likeness (QED) is 0.578. The summed E-state index contributed by atoms with van der Waals surface area (Å²) >= 11 is 0. The van der Waals surface area contributed by atoms with E-state index in [1.54, 1.807) is 17.0 Å². The van der Waals surface area contributed by atoms with Crippen molar-refractivity contribution in [2.75, 3.05) is 31.5 Å². The van der Waals surface area contributed by atoms with Crippen LogP contribution in [0.4, 0.5) is 5.69 Å². The summed E-state index contributed by atoms with van der Waals surface area (Å²) < 4.78 is 0. The summed E-state index contributed by atoms with van der Waals surface area (Å²) in [6.45, 7) is 4.79. The topological polar surface area (TPSA) is 90.0 Å². The third-order valence-electron chi connectivity index (χ3n) is 3.61. The summed E-state index contributed by atoms with van der Waals surface area (Å²) in [4.78, 5) is 38.4. The molecule has 0 atom stereocenters. The molecule has 7 nitrogen and oxygen atoms in total. The highest BCUT2D eigenvalue weighted by atomic mass is 16.3. The largest absolute Gasteiger partial charge is 0.506 e. The molecule has 1 fully saturated rings. The molecule has 1 aromatic carbocycles. The number of amides is 3. The van der Waals surface area contributed by atoms with Crippen LogP contribution in [0.3, 0.4) is 0 Å². The fourth-order valence-corrected chi connectivity index (χ4v) is 2.29. The van der Waals surface area contributed by atoms with Gasteiger partial charge in [0.15, 0.2) is 0 Å². The second-order valence-electron chi connectivity index (χ2n) is 5.27. The minimum Gasteiger partial charge on any atom is -0.506 e. The molecule has 2 rings (SSSR count). The van der Waals surface area contributed by atoms with Gasteiger partial charge in [0, 0.05) is 33.1 Å². The standard InChI is InChI=1S/C15H19N3O4/c1-10-3-4-13(20)12(9-10)16-14(21)15(22)18-7-5-17(6-8-18)11(2)19/h3-4,9,20H,5-8H2,1-2H3,(H,16,21). The van der Waals surface area contributed by atoms with E-state index in [9.17, 15) is 19.5 Å². The number of aryl methyl sites for hydroxylation is 1. The van der Waals surface area contributed by atoms with Crippen molar-refractivity contribution in [1.82, 2.24) is 9.80 Å². The molecule has 2 N–H and O–H groups in total. The summed E-state index contributed by atoms with van der Waals surface area (Å²) in [6.07, 6.45) is 0. The van der Waals surface area contributed by atoms with E-state index >= 15 is 0 Å². The summed E-state index contributed by atoms with van der Waals surface area (Å²) in [5, 5.41) is 12.1. The van der Waals surface area contributed by atoms with E-state index in [0.29, 0.717) is 26.2 Å². The maximum Gasteiger partial charge on any atom is 0.314 e. The molecule has 1 heterocycles. The van der Waals surface area contributed by atoms with E-state index in [-0.39, 0.29) is 17.3 Å². The third kappa shape index (κ3) is 3.55. The van der Waals surface area contributed by atoms with Gasteiger partial charge in [-0.3, -0.25) is 14.4 Å². The number of hydrogen-bond donors (Lipinski definition) is 2. The van der Waals surface area contributed by atoms with E-state index in [1.807, 2.05) is 6.92 Å². The van der Waals surface area contributed by atoms with E-state index in [2.05, 4.69) is 5.32 Å². The predicted molar refractivity (Wildman–Crippen MR) is 80.3 cm³/mol. The van der Waals surface area contributed by atoms with Gasteiger partial charge in [-0.25, -0.2) is 0 Å². The van der Waals surface area contributed by atoms with Crippen molar-refractivity contribution >= 4 is 23.4 Å². The summed E-state index contributed by atoms with van der Waals surface area (Å²) in [5.41, 5.74) is 1.07. The molecule has 0 aliphatic carbocycles. The Morgan fingerprint density at radius 2 is 1.68 bits per heavy atom. The van der Waals surface area contributed by atoms with Crippen molar-refractivity contribution in [1.29, 1.82) is 0 Å². The fourth-order valence-electron chi connectivity index (χ4n) is 2.29. The fraction of sp³-hybridized carbons (Fsp3) is 0.400. The van der Waals surface area contributed by atoms with Crippen LogP contribution in [0.5, 0.6) is 5.75 Å². The Balaban J connectivity index is 1.97. The Labute approximate surface area is 128 Å². The molecule has 0 spiro atoms. The van der Waals surface area contributed by atoms with Crippen LogP contribution in [0.2, 0.25) is 0 Å². The number of benzene rings is 1. The molecule has 118 valence electrons. The smallest absolute Gasteiger partial charge is 0.314 e. The number of piperazine rings is 1. The number of carbonyl (C=O) groups excluding carboxylic acids is 3. The minimum absolute atomic E-state index is 0.0405.